The van der Waals surface area contributed by atoms with E-state index in [4.69, 9.17) is 8.22 Å². The van der Waals surface area contributed by atoms with Crippen LogP contribution in [0.5, 0.6) is 0 Å². The zero-order valence-corrected chi connectivity index (χ0v) is 13.5. The van der Waals surface area contributed by atoms with E-state index in [-0.39, 0.29) is 29.7 Å². The van der Waals surface area contributed by atoms with Gasteiger partial charge in [-0.1, -0.05) is 18.4 Å². The van der Waals surface area contributed by atoms with Crippen molar-refractivity contribution in [3.8, 4) is 12.3 Å². The summed E-state index contributed by atoms with van der Waals surface area (Å²) < 4.78 is 58.4. The molecule has 0 spiro atoms. The Morgan fingerprint density at radius 3 is 3.09 bits per heavy atom. The first-order valence-electron chi connectivity index (χ1n) is 12.2. The van der Waals surface area contributed by atoms with Crippen molar-refractivity contribution in [3.63, 3.8) is 0 Å². The van der Waals surface area contributed by atoms with Gasteiger partial charge in [0, 0.05) is 18.6 Å². The number of hydrogen-bond donors (Lipinski definition) is 1. The maximum atomic E-state index is 12.4. The van der Waals surface area contributed by atoms with Crippen LogP contribution in [0.4, 0.5) is 0 Å². The minimum absolute atomic E-state index is 0.0586. The maximum Gasteiger partial charge on any atom is 0.155 e. The smallest absolute Gasteiger partial charge is 0.155 e. The standard InChI is InChI=1S/C21H28O2/c1-3-20-11-9-17-16-8-6-15(22)13-14(16)5-7-18(17)19(20)10-12-21(20,23)4-2/h2,13,16-19,23H,3,5-12H2,1H3/t16?,17?,18?,19?,20-,21-/m0/s1/i2D,5D2,6D2,13D,16D. The monoisotopic (exact) mass is 319 g/mol. The van der Waals surface area contributed by atoms with Gasteiger partial charge in [0.1, 0.15) is 6.97 Å². The van der Waals surface area contributed by atoms with Gasteiger partial charge in [0.05, 0.1) is 1.37 Å². The molecule has 0 aromatic heterocycles. The molecule has 0 aliphatic heterocycles. The molecule has 0 radical (unpaired) electrons. The number of aliphatic hydroxyl groups is 1. The first-order valence-corrected chi connectivity index (χ1v) is 8.72. The summed E-state index contributed by atoms with van der Waals surface area (Å²) in [6.45, 7) is 1.98. The van der Waals surface area contributed by atoms with Crippen molar-refractivity contribution in [1.82, 2.24) is 0 Å². The van der Waals surface area contributed by atoms with Gasteiger partial charge in [-0.05, 0) is 81.0 Å². The highest BCUT2D eigenvalue weighted by atomic mass is 16.3. The van der Waals surface area contributed by atoms with Crippen LogP contribution in [0, 0.1) is 41.4 Å². The van der Waals surface area contributed by atoms with Gasteiger partial charge in [0.15, 0.2) is 5.78 Å². The van der Waals surface area contributed by atoms with Gasteiger partial charge in [-0.25, -0.2) is 0 Å². The number of hydrogen-bond acceptors (Lipinski definition) is 2. The fraction of sp³-hybridized carbons (Fsp3) is 0.762. The van der Waals surface area contributed by atoms with Crippen LogP contribution in [0.3, 0.4) is 0 Å². The van der Waals surface area contributed by atoms with Crippen LogP contribution < -0.4 is 0 Å². The van der Waals surface area contributed by atoms with E-state index in [0.29, 0.717) is 32.1 Å². The highest BCUT2D eigenvalue weighted by molar-refractivity contribution is 5.91. The fourth-order valence-electron chi connectivity index (χ4n) is 5.95. The second-order valence-electron chi connectivity index (χ2n) is 7.54. The van der Waals surface area contributed by atoms with E-state index in [1.54, 1.807) is 0 Å². The van der Waals surface area contributed by atoms with Crippen molar-refractivity contribution >= 4 is 5.78 Å². The Morgan fingerprint density at radius 1 is 1.43 bits per heavy atom. The van der Waals surface area contributed by atoms with Crippen molar-refractivity contribution in [2.75, 3.05) is 0 Å². The minimum atomic E-state index is -2.35. The Kier molecular flexibility index (Phi) is 2.14. The lowest BCUT2D eigenvalue weighted by Crippen LogP contribution is -2.53. The highest BCUT2D eigenvalue weighted by Crippen LogP contribution is 2.66. The van der Waals surface area contributed by atoms with E-state index in [2.05, 4.69) is 12.3 Å². The van der Waals surface area contributed by atoms with Crippen molar-refractivity contribution in [2.24, 2.45) is 29.1 Å². The molecule has 124 valence electrons. The molecular formula is C21H28O2. The molecule has 4 rings (SSSR count). The maximum absolute atomic E-state index is 12.4. The molecule has 23 heavy (non-hydrogen) atoms. The molecule has 1 N–H and O–H groups in total. The zero-order valence-electron chi connectivity index (χ0n) is 20.5. The summed E-state index contributed by atoms with van der Waals surface area (Å²) in [5.41, 5.74) is -2.04. The van der Waals surface area contributed by atoms with Gasteiger partial charge in [-0.15, -0.1) is 6.40 Å². The lowest BCUT2D eigenvalue weighted by atomic mass is 9.49. The summed E-state index contributed by atoms with van der Waals surface area (Å²) in [7, 11) is 0. The van der Waals surface area contributed by atoms with Crippen LogP contribution in [0.25, 0.3) is 0 Å². The summed E-state index contributed by atoms with van der Waals surface area (Å²) in [6, 6.07) is -0.667. The van der Waals surface area contributed by atoms with Gasteiger partial charge in [0.25, 0.3) is 0 Å². The molecule has 4 aliphatic carbocycles. The van der Waals surface area contributed by atoms with E-state index in [1.165, 1.54) is 0 Å². The van der Waals surface area contributed by atoms with Gasteiger partial charge in [0.2, 0.25) is 0 Å². The van der Waals surface area contributed by atoms with E-state index in [9.17, 15) is 11.3 Å². The lowest BCUT2D eigenvalue weighted by molar-refractivity contribution is -0.117. The number of fused-ring (bicyclic) bond motifs is 5. The third kappa shape index (κ3) is 1.96. The molecule has 0 amide bonds. The molecule has 0 aromatic carbocycles. The van der Waals surface area contributed by atoms with E-state index >= 15 is 0 Å². The number of terminal acetylenes is 1. The Labute approximate surface area is 149 Å². The van der Waals surface area contributed by atoms with Crippen LogP contribution in [0.2, 0.25) is 0 Å². The molecule has 0 heterocycles. The number of carbonyl (C=O) groups excluding carboxylic acids is 1. The molecule has 2 nitrogen and oxygen atoms in total. The van der Waals surface area contributed by atoms with Gasteiger partial charge in [-0.2, -0.15) is 0 Å². The molecule has 2 heteroatoms. The van der Waals surface area contributed by atoms with E-state index in [0.717, 1.165) is 0 Å². The minimum Gasteiger partial charge on any atom is -0.377 e. The largest absolute Gasteiger partial charge is 0.377 e. The molecule has 6 atom stereocenters. The Hall–Kier alpha value is -1.07. The van der Waals surface area contributed by atoms with Crippen molar-refractivity contribution in [2.45, 2.75) is 70.2 Å². The summed E-state index contributed by atoms with van der Waals surface area (Å²) in [4.78, 5) is 12.4. The molecule has 4 unspecified atom stereocenters. The van der Waals surface area contributed by atoms with Crippen LogP contribution in [-0.2, 0) is 4.79 Å². The third-order valence-corrected chi connectivity index (χ3v) is 7.08. The topological polar surface area (TPSA) is 37.3 Å². The van der Waals surface area contributed by atoms with Gasteiger partial charge < -0.3 is 5.11 Å². The molecule has 0 saturated heterocycles. The number of ketones is 1. The summed E-state index contributed by atoms with van der Waals surface area (Å²) in [5, 5.41) is 11.3. The van der Waals surface area contributed by atoms with Crippen molar-refractivity contribution in [1.29, 1.82) is 0 Å². The first-order chi connectivity index (χ1) is 13.8. The average molecular weight is 319 g/mol. The highest BCUT2D eigenvalue weighted by Gasteiger charge is 2.63. The van der Waals surface area contributed by atoms with E-state index < -0.39 is 47.9 Å². The second kappa shape index (κ2) is 5.21. The third-order valence-electron chi connectivity index (χ3n) is 7.08. The lowest BCUT2D eigenvalue weighted by Gasteiger charge is -2.55. The number of allylic oxidation sites excluding steroid dienone is 1. The van der Waals surface area contributed by atoms with Gasteiger partial charge in [-0.3, -0.25) is 4.79 Å². The Morgan fingerprint density at radius 2 is 2.30 bits per heavy atom. The predicted molar refractivity (Wildman–Crippen MR) is 90.5 cm³/mol. The zero-order chi connectivity index (χ0) is 22.3. The molecule has 0 aromatic rings. The summed E-state index contributed by atoms with van der Waals surface area (Å²) >= 11 is 0. The molecule has 3 saturated carbocycles. The fourth-order valence-corrected chi connectivity index (χ4v) is 5.95. The number of rotatable bonds is 1. The van der Waals surface area contributed by atoms with Crippen LogP contribution in [0.1, 0.15) is 74.2 Å². The summed E-state index contributed by atoms with van der Waals surface area (Å²) in [5.74, 6) is -0.711. The van der Waals surface area contributed by atoms with Crippen molar-refractivity contribution in [3.05, 3.63) is 11.6 Å². The average Bonchev–Trinajstić information content (AvgIpc) is 2.92. The van der Waals surface area contributed by atoms with Crippen LogP contribution in [0.15, 0.2) is 11.6 Å². The number of carbonyl (C=O) groups is 1. The predicted octanol–water partition coefficient (Wildman–Crippen LogP) is 3.88. The summed E-state index contributed by atoms with van der Waals surface area (Å²) in [6.07, 6.45) is 0.0378. The molecule has 4 aliphatic rings. The van der Waals surface area contributed by atoms with Crippen LogP contribution in [-0.4, -0.2) is 16.5 Å². The Balaban J connectivity index is 1.85. The molecule has 0 bridgehead atoms. The molecular weight excluding hydrogens is 284 g/mol. The molecule has 3 fully saturated rings. The van der Waals surface area contributed by atoms with Crippen molar-refractivity contribution < 1.29 is 19.5 Å². The van der Waals surface area contributed by atoms with Crippen LogP contribution >= 0.6 is 0 Å². The normalized spacial score (nSPS) is 60.9. The SMILES string of the molecule is [2H]C#C[C@]1(O)CCC2C3CC([2H])([2H])C4=C([2H])C(=O)C([2H])([2H])CC4([2H])C3CC[C@@]21CC. The second-order valence-corrected chi connectivity index (χ2v) is 7.54. The Bertz CT molecular complexity index is 888. The first kappa shape index (κ1) is 9.42. The van der Waals surface area contributed by atoms with E-state index in [1.807, 2.05) is 6.92 Å². The quantitative estimate of drug-likeness (QED) is 0.745. The van der Waals surface area contributed by atoms with Gasteiger partial charge >= 0.3 is 0 Å².